The van der Waals surface area contributed by atoms with E-state index in [4.69, 9.17) is 0 Å². The minimum absolute atomic E-state index is 0.490. The molecule has 4 heteroatoms. The normalized spacial score (nSPS) is 11.8. The molecular formula is C80H56N4. The molecule has 0 amide bonds. The number of hydrogen-bond donors (Lipinski definition) is 0. The molecule has 0 N–H and O–H groups in total. The third-order valence-electron chi connectivity index (χ3n) is 15.9. The van der Waals surface area contributed by atoms with Crippen molar-refractivity contribution in [1.82, 2.24) is 0 Å². The minimum atomic E-state index is 0.490. The van der Waals surface area contributed by atoms with Crippen molar-refractivity contribution in [2.75, 3.05) is 9.80 Å². The van der Waals surface area contributed by atoms with Crippen LogP contribution in [-0.4, -0.2) is 0 Å². The van der Waals surface area contributed by atoms with E-state index in [2.05, 4.69) is 259 Å². The molecule has 0 bridgehead atoms. The van der Waals surface area contributed by atoms with Crippen molar-refractivity contribution in [1.29, 1.82) is 10.5 Å². The largest absolute Gasteiger partial charge is 0.314 e. The van der Waals surface area contributed by atoms with Gasteiger partial charge >= 0.3 is 0 Å². The first kappa shape index (κ1) is 52.1. The van der Waals surface area contributed by atoms with Crippen LogP contribution < -0.4 is 9.80 Å². The van der Waals surface area contributed by atoms with E-state index >= 15 is 0 Å². The third-order valence-corrected chi connectivity index (χ3v) is 15.9. The molecule has 0 atom stereocenters. The summed E-state index contributed by atoms with van der Waals surface area (Å²) in [5.41, 5.74) is 22.7. The third kappa shape index (κ3) is 10.5. The maximum atomic E-state index is 11.8. The molecule has 4 nitrogen and oxygen atoms in total. The Bertz CT molecular complexity index is 4310. The average molecular weight is 1070 g/mol. The van der Waals surface area contributed by atoms with Crippen LogP contribution in [0.1, 0.15) is 29.5 Å². The summed E-state index contributed by atoms with van der Waals surface area (Å²) in [4.78, 5) is 4.62. The van der Waals surface area contributed by atoms with E-state index in [9.17, 15) is 10.5 Å². The topological polar surface area (TPSA) is 54.1 Å². The van der Waals surface area contributed by atoms with Crippen LogP contribution in [0.15, 0.2) is 321 Å². The first-order chi connectivity index (χ1) is 41.6. The summed E-state index contributed by atoms with van der Waals surface area (Å²) in [6.07, 6.45) is 6.26. The van der Waals surface area contributed by atoms with Gasteiger partial charge in [0.2, 0.25) is 0 Å². The van der Waals surface area contributed by atoms with Gasteiger partial charge in [0.05, 0.1) is 11.1 Å². The number of nitrogens with zero attached hydrogens (tertiary/aromatic N) is 4. The molecule has 12 aromatic carbocycles. The SMILES string of the molecule is N#Cc1c(-c2ccccc2)c(-c2ccc(N(c3ccc(-c4ccccc4)cc3)c3ccc(-c4ccccc4)cc3)cc2)c(C#N)c(-c2ccccc2)c1-c1ccc(N(C2=CC=C(c3ccccc3)CC2)c2ccc(-c3ccccc3)cc2)cc1. The molecule has 0 spiro atoms. The molecule has 0 aromatic heterocycles. The number of anilines is 5. The second-order valence-corrected chi connectivity index (χ2v) is 20.9. The molecule has 13 rings (SSSR count). The molecule has 0 fully saturated rings. The summed E-state index contributed by atoms with van der Waals surface area (Å²) >= 11 is 0. The van der Waals surface area contributed by atoms with Crippen molar-refractivity contribution in [2.24, 2.45) is 0 Å². The van der Waals surface area contributed by atoms with Crippen molar-refractivity contribution >= 4 is 34.0 Å². The zero-order valence-electron chi connectivity index (χ0n) is 46.2. The van der Waals surface area contributed by atoms with Crippen molar-refractivity contribution in [3.8, 4) is 90.0 Å². The molecular weight excluding hydrogens is 1020 g/mol. The molecule has 396 valence electrons. The van der Waals surface area contributed by atoms with Gasteiger partial charge in [-0.25, -0.2) is 0 Å². The first-order valence-electron chi connectivity index (χ1n) is 28.5. The highest BCUT2D eigenvalue weighted by atomic mass is 15.2. The maximum Gasteiger partial charge on any atom is 0.100 e. The van der Waals surface area contributed by atoms with E-state index in [0.717, 1.165) is 96.9 Å². The van der Waals surface area contributed by atoms with E-state index in [1.54, 1.807) is 0 Å². The smallest absolute Gasteiger partial charge is 0.100 e. The summed E-state index contributed by atoms with van der Waals surface area (Å²) in [6, 6.07) is 111. The lowest BCUT2D eigenvalue weighted by atomic mass is 9.78. The van der Waals surface area contributed by atoms with Crippen LogP contribution in [0.2, 0.25) is 0 Å². The van der Waals surface area contributed by atoms with Gasteiger partial charge in [-0.05, 0) is 146 Å². The van der Waals surface area contributed by atoms with Crippen LogP contribution >= 0.6 is 0 Å². The van der Waals surface area contributed by atoms with Crippen LogP contribution in [0, 0.1) is 22.7 Å². The molecule has 12 aromatic rings. The fourth-order valence-corrected chi connectivity index (χ4v) is 11.8. The lowest BCUT2D eigenvalue weighted by Crippen LogP contribution is -2.17. The Labute approximate surface area is 492 Å². The molecule has 0 radical (unpaired) electrons. The summed E-state index contributed by atoms with van der Waals surface area (Å²) in [5.74, 6) is 0. The van der Waals surface area contributed by atoms with Gasteiger partial charge in [-0.15, -0.1) is 0 Å². The second kappa shape index (κ2) is 23.8. The van der Waals surface area contributed by atoms with Gasteiger partial charge in [-0.3, -0.25) is 0 Å². The highest BCUT2D eigenvalue weighted by Gasteiger charge is 2.29. The van der Waals surface area contributed by atoms with Gasteiger partial charge < -0.3 is 9.80 Å². The monoisotopic (exact) mass is 1070 g/mol. The van der Waals surface area contributed by atoms with Crippen LogP contribution in [0.5, 0.6) is 0 Å². The Morgan fingerprint density at radius 3 is 0.738 bits per heavy atom. The fourth-order valence-electron chi connectivity index (χ4n) is 11.8. The maximum absolute atomic E-state index is 11.8. The second-order valence-electron chi connectivity index (χ2n) is 20.9. The van der Waals surface area contributed by atoms with Crippen LogP contribution in [0.4, 0.5) is 28.4 Å². The van der Waals surface area contributed by atoms with Gasteiger partial charge in [0, 0.05) is 56.4 Å². The predicted octanol–water partition coefficient (Wildman–Crippen LogP) is 21.5. The van der Waals surface area contributed by atoms with Gasteiger partial charge in [0.15, 0.2) is 0 Å². The van der Waals surface area contributed by atoms with Gasteiger partial charge in [0.25, 0.3) is 0 Å². The number of benzene rings is 12. The van der Waals surface area contributed by atoms with Gasteiger partial charge in [-0.2, -0.15) is 10.5 Å². The average Bonchev–Trinajstić information content (AvgIpc) is 2.17. The zero-order chi connectivity index (χ0) is 56.6. The Hall–Kier alpha value is -11.3. The number of allylic oxidation sites excluding steroid dienone is 4. The summed E-state index contributed by atoms with van der Waals surface area (Å²) < 4.78 is 0. The highest BCUT2D eigenvalue weighted by Crippen LogP contribution is 2.50. The molecule has 0 saturated heterocycles. The van der Waals surface area contributed by atoms with E-state index in [1.165, 1.54) is 16.8 Å². The van der Waals surface area contributed by atoms with Crippen molar-refractivity contribution in [3.63, 3.8) is 0 Å². The number of hydrogen-bond acceptors (Lipinski definition) is 4. The Balaban J connectivity index is 0.946. The molecule has 0 aliphatic heterocycles. The van der Waals surface area contributed by atoms with Gasteiger partial charge in [-0.1, -0.05) is 249 Å². The van der Waals surface area contributed by atoms with Crippen molar-refractivity contribution in [3.05, 3.63) is 338 Å². The zero-order valence-corrected chi connectivity index (χ0v) is 46.2. The van der Waals surface area contributed by atoms with Crippen molar-refractivity contribution < 1.29 is 0 Å². The van der Waals surface area contributed by atoms with Crippen LogP contribution in [-0.2, 0) is 0 Å². The molecule has 0 unspecified atom stereocenters. The molecule has 84 heavy (non-hydrogen) atoms. The highest BCUT2D eigenvalue weighted by molar-refractivity contribution is 6.04. The summed E-state index contributed by atoms with van der Waals surface area (Å²) in [5, 5.41) is 23.6. The summed E-state index contributed by atoms with van der Waals surface area (Å²) in [6.45, 7) is 0. The molecule has 1 aliphatic rings. The Kier molecular flexibility index (Phi) is 14.8. The van der Waals surface area contributed by atoms with Gasteiger partial charge in [0.1, 0.15) is 12.1 Å². The lowest BCUT2D eigenvalue weighted by Gasteiger charge is -2.30. The minimum Gasteiger partial charge on any atom is -0.314 e. The molecule has 1 aliphatic carbocycles. The van der Waals surface area contributed by atoms with E-state index < -0.39 is 0 Å². The Morgan fingerprint density at radius 2 is 0.464 bits per heavy atom. The van der Waals surface area contributed by atoms with Crippen LogP contribution in [0.3, 0.4) is 0 Å². The number of nitriles is 2. The fraction of sp³-hybridized carbons (Fsp3) is 0.0250. The quantitative estimate of drug-likeness (QED) is 0.109. The molecule has 0 heterocycles. The van der Waals surface area contributed by atoms with Crippen molar-refractivity contribution in [2.45, 2.75) is 12.8 Å². The first-order valence-corrected chi connectivity index (χ1v) is 28.5. The molecule has 0 saturated carbocycles. The predicted molar refractivity (Wildman–Crippen MR) is 349 cm³/mol. The Morgan fingerprint density at radius 1 is 0.226 bits per heavy atom. The van der Waals surface area contributed by atoms with E-state index in [0.29, 0.717) is 33.4 Å². The number of rotatable bonds is 14. The standard InChI is InChI=1S/C80H56N4/c81-55-75-78(66-29-17-6-18-30-66)80(68-41-53-74(54-42-68)84(71-47-35-63(36-48-71)59-23-11-3-12-24-59)72-49-37-64(38-50-72)60-25-13-4-14-26-60)76(56-82)77(65-27-15-5-16-28-65)79(75)67-39-51-73(52-40-67)83(69-43-31-61(32-44-69)57-19-7-1-8-20-57)70-45-33-62(34-46-70)58-21-9-2-10-22-58/h1-37,39-49,51-54H,38,50H2. The van der Waals surface area contributed by atoms with E-state index in [1.807, 2.05) is 78.9 Å². The van der Waals surface area contributed by atoms with E-state index in [-0.39, 0.29) is 0 Å². The summed E-state index contributed by atoms with van der Waals surface area (Å²) in [7, 11) is 0. The lowest BCUT2D eigenvalue weighted by molar-refractivity contribution is 0.930. The van der Waals surface area contributed by atoms with Crippen LogP contribution in [0.25, 0.3) is 83.5 Å².